The van der Waals surface area contributed by atoms with Crippen LogP contribution in [-0.4, -0.2) is 0 Å². The Labute approximate surface area is 319 Å². The van der Waals surface area contributed by atoms with Crippen molar-refractivity contribution in [2.75, 3.05) is 4.90 Å². The van der Waals surface area contributed by atoms with E-state index in [9.17, 15) is 0 Å². The normalized spacial score (nSPS) is 11.3. The van der Waals surface area contributed by atoms with Crippen molar-refractivity contribution in [3.8, 4) is 44.5 Å². The largest absolute Gasteiger partial charge is 0.309 e. The standard InChI is InChI=1S/C52H35NS/c1-3-15-36(16-4-1)46-32-31-43(35-49(46)38-17-5-2-6-18-38)53(50-29-14-28-48-47-26-9-10-30-51(47)54-52(48)50)42-24-12-22-40(34-42)39-21-11-23-41(33-39)45-27-13-20-37-19-7-8-25-44(37)45/h1-35H. The van der Waals surface area contributed by atoms with Gasteiger partial charge in [0.15, 0.2) is 0 Å². The van der Waals surface area contributed by atoms with Crippen LogP contribution in [0.15, 0.2) is 212 Å². The van der Waals surface area contributed by atoms with Crippen LogP contribution in [0.25, 0.3) is 75.5 Å². The smallest absolute Gasteiger partial charge is 0.0640 e. The Balaban J connectivity index is 1.17. The van der Waals surface area contributed by atoms with Gasteiger partial charge in [-0.1, -0.05) is 170 Å². The minimum absolute atomic E-state index is 1.11. The molecule has 54 heavy (non-hydrogen) atoms. The second-order valence-corrected chi connectivity index (χ2v) is 14.8. The average Bonchev–Trinajstić information content (AvgIpc) is 3.64. The molecule has 0 bridgehead atoms. The summed E-state index contributed by atoms with van der Waals surface area (Å²) in [4.78, 5) is 2.46. The molecule has 254 valence electrons. The Bertz CT molecular complexity index is 2940. The highest BCUT2D eigenvalue weighted by molar-refractivity contribution is 7.26. The minimum atomic E-state index is 1.11. The van der Waals surface area contributed by atoms with Crippen molar-refractivity contribution in [2.24, 2.45) is 0 Å². The van der Waals surface area contributed by atoms with E-state index in [1.54, 1.807) is 0 Å². The van der Waals surface area contributed by atoms with Gasteiger partial charge in [-0.05, 0) is 97.7 Å². The molecule has 10 rings (SSSR count). The molecule has 0 aliphatic carbocycles. The summed E-state index contributed by atoms with van der Waals surface area (Å²) in [6.45, 7) is 0. The number of anilines is 3. The number of fused-ring (bicyclic) bond motifs is 4. The Morgan fingerprint density at radius 1 is 0.315 bits per heavy atom. The first-order chi connectivity index (χ1) is 26.8. The van der Waals surface area contributed by atoms with Crippen molar-refractivity contribution >= 4 is 59.3 Å². The van der Waals surface area contributed by atoms with Crippen LogP contribution < -0.4 is 4.90 Å². The van der Waals surface area contributed by atoms with E-state index in [0.29, 0.717) is 0 Å². The summed E-state index contributed by atoms with van der Waals surface area (Å²) in [7, 11) is 0. The fourth-order valence-corrected chi connectivity index (χ4v) is 9.11. The maximum atomic E-state index is 2.46. The first kappa shape index (κ1) is 32.0. The van der Waals surface area contributed by atoms with Crippen LogP contribution in [0.3, 0.4) is 0 Å². The SMILES string of the molecule is c1ccc(-c2ccc(N(c3cccc(-c4cccc(-c5cccc6ccccc56)c4)c3)c3cccc4c3sc3ccccc34)cc2-c2ccccc2)cc1. The zero-order valence-electron chi connectivity index (χ0n) is 29.6. The molecule has 0 radical (unpaired) electrons. The molecule has 10 aromatic rings. The summed E-state index contributed by atoms with van der Waals surface area (Å²) < 4.78 is 2.57. The molecule has 0 aliphatic rings. The van der Waals surface area contributed by atoms with E-state index >= 15 is 0 Å². The Morgan fingerprint density at radius 2 is 0.889 bits per heavy atom. The summed E-state index contributed by atoms with van der Waals surface area (Å²) in [5, 5.41) is 5.09. The molecular formula is C52H35NS. The maximum Gasteiger partial charge on any atom is 0.0640 e. The monoisotopic (exact) mass is 705 g/mol. The van der Waals surface area contributed by atoms with Crippen LogP contribution in [0.5, 0.6) is 0 Å². The maximum absolute atomic E-state index is 2.46. The Kier molecular flexibility index (Phi) is 8.09. The number of hydrogen-bond donors (Lipinski definition) is 0. The van der Waals surface area contributed by atoms with Gasteiger partial charge in [0, 0.05) is 26.8 Å². The van der Waals surface area contributed by atoms with Gasteiger partial charge in [-0.25, -0.2) is 0 Å². The third-order valence-corrected chi connectivity index (χ3v) is 11.7. The summed E-state index contributed by atoms with van der Waals surface area (Å²) in [6, 6.07) is 77.2. The van der Waals surface area contributed by atoms with Gasteiger partial charge in [0.1, 0.15) is 0 Å². The van der Waals surface area contributed by atoms with Crippen molar-refractivity contribution in [3.05, 3.63) is 212 Å². The van der Waals surface area contributed by atoms with Crippen molar-refractivity contribution in [2.45, 2.75) is 0 Å². The van der Waals surface area contributed by atoms with Crippen LogP contribution in [0.1, 0.15) is 0 Å². The van der Waals surface area contributed by atoms with E-state index in [1.165, 1.54) is 81.1 Å². The lowest BCUT2D eigenvalue weighted by molar-refractivity contribution is 1.30. The summed E-state index contributed by atoms with van der Waals surface area (Å²) in [5.74, 6) is 0. The molecule has 9 aromatic carbocycles. The van der Waals surface area contributed by atoms with E-state index in [-0.39, 0.29) is 0 Å². The Morgan fingerprint density at radius 3 is 1.72 bits per heavy atom. The summed E-state index contributed by atoms with van der Waals surface area (Å²) in [6.07, 6.45) is 0. The van der Waals surface area contributed by atoms with Gasteiger partial charge < -0.3 is 4.90 Å². The predicted molar refractivity (Wildman–Crippen MR) is 233 cm³/mol. The molecule has 0 N–H and O–H groups in total. The van der Waals surface area contributed by atoms with E-state index < -0.39 is 0 Å². The second kappa shape index (κ2) is 13.7. The van der Waals surface area contributed by atoms with E-state index in [1.807, 2.05) is 11.3 Å². The quantitative estimate of drug-likeness (QED) is 0.160. The number of hydrogen-bond acceptors (Lipinski definition) is 2. The molecule has 1 aromatic heterocycles. The summed E-state index contributed by atoms with van der Waals surface area (Å²) >= 11 is 1.87. The molecule has 1 nitrogen and oxygen atoms in total. The minimum Gasteiger partial charge on any atom is -0.309 e. The van der Waals surface area contributed by atoms with Gasteiger partial charge in [-0.15, -0.1) is 11.3 Å². The molecule has 0 saturated carbocycles. The van der Waals surface area contributed by atoms with Gasteiger partial charge >= 0.3 is 0 Å². The fraction of sp³-hybridized carbons (Fsp3) is 0. The van der Waals surface area contributed by atoms with Crippen LogP contribution in [0.2, 0.25) is 0 Å². The van der Waals surface area contributed by atoms with Crippen molar-refractivity contribution in [1.82, 2.24) is 0 Å². The van der Waals surface area contributed by atoms with E-state index in [0.717, 1.165) is 11.4 Å². The lowest BCUT2D eigenvalue weighted by Gasteiger charge is -2.28. The number of thiophene rings is 1. The second-order valence-electron chi connectivity index (χ2n) is 13.7. The van der Waals surface area contributed by atoms with Gasteiger partial charge in [0.25, 0.3) is 0 Å². The highest BCUT2D eigenvalue weighted by atomic mass is 32.1. The van der Waals surface area contributed by atoms with Crippen LogP contribution in [-0.2, 0) is 0 Å². The van der Waals surface area contributed by atoms with Gasteiger partial charge in [-0.2, -0.15) is 0 Å². The molecule has 2 heteroatoms. The third kappa shape index (κ3) is 5.74. The lowest BCUT2D eigenvalue weighted by atomic mass is 9.93. The number of nitrogens with zero attached hydrogens (tertiary/aromatic N) is 1. The van der Waals surface area contributed by atoms with Crippen LogP contribution >= 0.6 is 11.3 Å². The highest BCUT2D eigenvalue weighted by Crippen LogP contribution is 2.47. The van der Waals surface area contributed by atoms with Gasteiger partial charge in [-0.3, -0.25) is 0 Å². The lowest BCUT2D eigenvalue weighted by Crippen LogP contribution is -2.10. The average molecular weight is 706 g/mol. The molecule has 0 fully saturated rings. The van der Waals surface area contributed by atoms with Crippen molar-refractivity contribution < 1.29 is 0 Å². The third-order valence-electron chi connectivity index (χ3n) is 10.5. The summed E-state index contributed by atoms with van der Waals surface area (Å²) in [5.41, 5.74) is 13.0. The zero-order chi connectivity index (χ0) is 35.8. The Hall–Kier alpha value is -6.74. The molecule has 0 unspecified atom stereocenters. The topological polar surface area (TPSA) is 3.24 Å². The first-order valence-electron chi connectivity index (χ1n) is 18.4. The van der Waals surface area contributed by atoms with Gasteiger partial charge in [0.05, 0.1) is 10.4 Å². The molecule has 0 atom stereocenters. The fourth-order valence-electron chi connectivity index (χ4n) is 7.90. The van der Waals surface area contributed by atoms with Gasteiger partial charge in [0.2, 0.25) is 0 Å². The van der Waals surface area contributed by atoms with Crippen molar-refractivity contribution in [3.63, 3.8) is 0 Å². The molecule has 0 spiro atoms. The number of rotatable bonds is 7. The predicted octanol–water partition coefficient (Wildman–Crippen LogP) is 15.3. The van der Waals surface area contributed by atoms with Crippen molar-refractivity contribution in [1.29, 1.82) is 0 Å². The van der Waals surface area contributed by atoms with Crippen LogP contribution in [0, 0.1) is 0 Å². The number of benzene rings is 9. The molecule has 0 saturated heterocycles. The van der Waals surface area contributed by atoms with E-state index in [4.69, 9.17) is 0 Å². The first-order valence-corrected chi connectivity index (χ1v) is 19.2. The van der Waals surface area contributed by atoms with E-state index in [2.05, 4.69) is 217 Å². The van der Waals surface area contributed by atoms with Crippen LogP contribution in [0.4, 0.5) is 17.1 Å². The molecule has 0 aliphatic heterocycles. The highest BCUT2D eigenvalue weighted by Gasteiger charge is 2.20. The zero-order valence-corrected chi connectivity index (χ0v) is 30.4. The molecule has 0 amide bonds. The molecular weight excluding hydrogens is 671 g/mol. The molecule has 1 heterocycles.